The molecule has 0 amide bonds. The molecule has 0 spiro atoms. The van der Waals surface area contributed by atoms with Crippen molar-refractivity contribution in [3.63, 3.8) is 0 Å². The fourth-order valence-corrected chi connectivity index (χ4v) is 4.49. The summed E-state index contributed by atoms with van der Waals surface area (Å²) < 4.78 is 8.03. The Morgan fingerprint density at radius 2 is 1.90 bits per heavy atom. The average molecular weight is 471 g/mol. The Morgan fingerprint density at radius 1 is 1.17 bits per heavy atom. The summed E-state index contributed by atoms with van der Waals surface area (Å²) in [5.74, 6) is 0.660. The molecular weight excluding hydrogens is 452 g/mol. The quantitative estimate of drug-likeness (QED) is 0.445. The highest BCUT2D eigenvalue weighted by atomic mass is 79.9. The second-order valence-corrected chi connectivity index (χ2v) is 8.82. The van der Waals surface area contributed by atoms with Crippen molar-refractivity contribution in [1.29, 1.82) is 0 Å². The van der Waals surface area contributed by atoms with Crippen molar-refractivity contribution in [1.82, 2.24) is 9.55 Å². The Hall–Kier alpha value is -2.48. The number of nitrogens with zero attached hydrogens (tertiary/aromatic N) is 2. The van der Waals surface area contributed by atoms with Crippen LogP contribution < -0.4 is 10.3 Å². The molecule has 4 rings (SSSR count). The molecule has 2 aromatic heterocycles. The Labute approximate surface area is 180 Å². The van der Waals surface area contributed by atoms with Crippen molar-refractivity contribution >= 4 is 37.5 Å². The van der Waals surface area contributed by atoms with Gasteiger partial charge in [-0.2, -0.15) is 0 Å². The third-order valence-corrected chi connectivity index (χ3v) is 6.12. The van der Waals surface area contributed by atoms with Crippen LogP contribution in [0.2, 0.25) is 0 Å². The lowest BCUT2D eigenvalue weighted by molar-refractivity contribution is 0.0915. The first kappa shape index (κ1) is 19.8. The molecule has 7 heteroatoms. The summed E-state index contributed by atoms with van der Waals surface area (Å²) in [4.78, 5) is 19.4. The van der Waals surface area contributed by atoms with Crippen LogP contribution in [0.5, 0.6) is 5.75 Å². The van der Waals surface area contributed by atoms with Gasteiger partial charge < -0.3 is 9.84 Å². The van der Waals surface area contributed by atoms with Crippen LogP contribution >= 0.6 is 27.3 Å². The van der Waals surface area contributed by atoms with E-state index in [9.17, 15) is 9.90 Å². The van der Waals surface area contributed by atoms with Crippen molar-refractivity contribution in [2.45, 2.75) is 19.6 Å². The number of aliphatic hydroxyl groups excluding tert-OH is 1. The van der Waals surface area contributed by atoms with Crippen LogP contribution in [-0.2, 0) is 6.54 Å². The molecule has 0 bridgehead atoms. The van der Waals surface area contributed by atoms with Crippen molar-refractivity contribution in [2.24, 2.45) is 0 Å². The van der Waals surface area contributed by atoms with Crippen molar-refractivity contribution in [3.05, 3.63) is 80.6 Å². The molecule has 0 fully saturated rings. The number of aliphatic hydroxyl groups is 1. The minimum Gasteiger partial charge on any atom is -0.491 e. The maximum absolute atomic E-state index is 13.2. The van der Waals surface area contributed by atoms with E-state index >= 15 is 0 Å². The fraction of sp³-hybridized carbons (Fsp3) is 0.182. The zero-order chi connectivity index (χ0) is 20.4. The average Bonchev–Trinajstić information content (AvgIpc) is 3.07. The second-order valence-electron chi connectivity index (χ2n) is 6.70. The number of aryl methyl sites for hydroxylation is 1. The Morgan fingerprint density at radius 3 is 2.62 bits per heavy atom. The largest absolute Gasteiger partial charge is 0.491 e. The number of ether oxygens (including phenoxy) is 1. The van der Waals surface area contributed by atoms with Gasteiger partial charge in [-0.15, -0.1) is 11.3 Å². The maximum atomic E-state index is 13.2. The summed E-state index contributed by atoms with van der Waals surface area (Å²) in [7, 11) is 0. The first-order valence-corrected chi connectivity index (χ1v) is 10.7. The standard InChI is InChI=1S/C22H19BrN2O3S/c1-14-19(15-5-3-2-4-6-15)20-21(29-14)24-13-25(22(20)27)11-17(26)12-28-18-9-7-16(23)8-10-18/h2-10,13,17,26H,11-12H2,1H3/t17-/m1/s1. The van der Waals surface area contributed by atoms with Gasteiger partial charge in [-0.25, -0.2) is 4.98 Å². The molecule has 148 valence electrons. The highest BCUT2D eigenvalue weighted by Gasteiger charge is 2.18. The number of halogens is 1. The topological polar surface area (TPSA) is 64.3 Å². The van der Waals surface area contributed by atoms with Crippen molar-refractivity contribution < 1.29 is 9.84 Å². The van der Waals surface area contributed by atoms with Gasteiger partial charge in [0.1, 0.15) is 23.3 Å². The molecule has 0 aliphatic carbocycles. The van der Waals surface area contributed by atoms with Gasteiger partial charge in [0.15, 0.2) is 0 Å². The number of hydrogen-bond donors (Lipinski definition) is 1. The second kappa shape index (κ2) is 8.49. The molecule has 0 aliphatic rings. The van der Waals surface area contributed by atoms with E-state index in [1.165, 1.54) is 22.2 Å². The number of hydrogen-bond acceptors (Lipinski definition) is 5. The predicted molar refractivity (Wildman–Crippen MR) is 120 cm³/mol. The molecule has 4 aromatic rings. The SMILES string of the molecule is Cc1sc2ncn(C[C@@H](O)COc3ccc(Br)cc3)c(=O)c2c1-c1ccccc1. The van der Waals surface area contributed by atoms with Gasteiger partial charge in [0.05, 0.1) is 18.3 Å². The fourth-order valence-electron chi connectivity index (χ4n) is 3.22. The van der Waals surface area contributed by atoms with Crippen LogP contribution in [0.3, 0.4) is 0 Å². The van der Waals surface area contributed by atoms with E-state index in [1.54, 1.807) is 0 Å². The zero-order valence-electron chi connectivity index (χ0n) is 15.7. The van der Waals surface area contributed by atoms with Crippen LogP contribution in [-0.4, -0.2) is 27.4 Å². The molecule has 0 saturated heterocycles. The third kappa shape index (κ3) is 4.27. The van der Waals surface area contributed by atoms with E-state index in [1.807, 2.05) is 61.5 Å². The molecule has 0 aliphatic heterocycles. The number of thiophene rings is 1. The van der Waals surface area contributed by atoms with E-state index < -0.39 is 6.10 Å². The van der Waals surface area contributed by atoms with E-state index in [-0.39, 0.29) is 18.7 Å². The van der Waals surface area contributed by atoms with Crippen molar-refractivity contribution in [2.75, 3.05) is 6.61 Å². The molecule has 29 heavy (non-hydrogen) atoms. The summed E-state index contributed by atoms with van der Waals surface area (Å²) in [5.41, 5.74) is 1.76. The summed E-state index contributed by atoms with van der Waals surface area (Å²) in [6.07, 6.45) is 0.661. The smallest absolute Gasteiger partial charge is 0.262 e. The first-order valence-electron chi connectivity index (χ1n) is 9.13. The molecule has 2 heterocycles. The summed E-state index contributed by atoms with van der Waals surface area (Å²) in [6, 6.07) is 17.2. The Bertz CT molecular complexity index is 1190. The lowest BCUT2D eigenvalue weighted by Crippen LogP contribution is -2.30. The van der Waals surface area contributed by atoms with Gasteiger partial charge >= 0.3 is 0 Å². The summed E-state index contributed by atoms with van der Waals surface area (Å²) in [6.45, 7) is 2.20. The predicted octanol–water partition coefficient (Wildman–Crippen LogP) is 4.64. The number of aromatic nitrogens is 2. The van der Waals surface area contributed by atoms with Crippen LogP contribution in [0.15, 0.2) is 70.2 Å². The van der Waals surface area contributed by atoms with E-state index in [0.717, 1.165) is 20.5 Å². The monoisotopic (exact) mass is 470 g/mol. The molecule has 5 nitrogen and oxygen atoms in total. The minimum atomic E-state index is -0.837. The van der Waals surface area contributed by atoms with Gasteiger partial charge in [0.25, 0.3) is 5.56 Å². The van der Waals surface area contributed by atoms with Gasteiger partial charge in [-0.3, -0.25) is 9.36 Å². The van der Waals surface area contributed by atoms with Crippen LogP contribution in [0, 0.1) is 6.92 Å². The molecule has 0 saturated carbocycles. The van der Waals surface area contributed by atoms with Gasteiger partial charge in [0, 0.05) is 14.9 Å². The maximum Gasteiger partial charge on any atom is 0.262 e. The van der Waals surface area contributed by atoms with Crippen LogP contribution in [0.1, 0.15) is 4.88 Å². The summed E-state index contributed by atoms with van der Waals surface area (Å²) in [5, 5.41) is 11.0. The molecule has 2 aromatic carbocycles. The minimum absolute atomic E-state index is 0.0836. The molecular formula is C22H19BrN2O3S. The number of rotatable bonds is 6. The first-order chi connectivity index (χ1) is 14.0. The molecule has 1 atom stereocenters. The van der Waals surface area contributed by atoms with Gasteiger partial charge in [0.2, 0.25) is 0 Å². The summed E-state index contributed by atoms with van der Waals surface area (Å²) >= 11 is 4.88. The Balaban J connectivity index is 1.59. The van der Waals surface area contributed by atoms with E-state index in [2.05, 4.69) is 20.9 Å². The highest BCUT2D eigenvalue weighted by molar-refractivity contribution is 9.10. The third-order valence-electron chi connectivity index (χ3n) is 4.58. The van der Waals surface area contributed by atoms with Crippen LogP contribution in [0.25, 0.3) is 21.3 Å². The molecule has 0 radical (unpaired) electrons. The lowest BCUT2D eigenvalue weighted by Gasteiger charge is -2.14. The van der Waals surface area contributed by atoms with Gasteiger partial charge in [-0.1, -0.05) is 46.3 Å². The highest BCUT2D eigenvalue weighted by Crippen LogP contribution is 2.35. The van der Waals surface area contributed by atoms with Crippen molar-refractivity contribution in [3.8, 4) is 16.9 Å². The van der Waals surface area contributed by atoms with E-state index in [0.29, 0.717) is 16.0 Å². The Kier molecular flexibility index (Phi) is 5.80. The lowest BCUT2D eigenvalue weighted by atomic mass is 10.0. The number of fused-ring (bicyclic) bond motifs is 1. The normalized spacial score (nSPS) is 12.2. The number of benzene rings is 2. The molecule has 1 N–H and O–H groups in total. The molecule has 0 unspecified atom stereocenters. The zero-order valence-corrected chi connectivity index (χ0v) is 18.1. The van der Waals surface area contributed by atoms with E-state index in [4.69, 9.17) is 4.74 Å². The van der Waals surface area contributed by atoms with Crippen LogP contribution in [0.4, 0.5) is 0 Å². The van der Waals surface area contributed by atoms with Gasteiger partial charge in [-0.05, 0) is 36.8 Å².